The molecule has 7 heteroatoms. The third kappa shape index (κ3) is 4.32. The van der Waals surface area contributed by atoms with Gasteiger partial charge in [-0.3, -0.25) is 14.2 Å². The molecule has 0 atom stereocenters. The van der Waals surface area contributed by atoms with E-state index in [-0.39, 0.29) is 11.6 Å². The van der Waals surface area contributed by atoms with Crippen molar-refractivity contribution < 1.29 is 4.79 Å². The van der Waals surface area contributed by atoms with E-state index in [0.29, 0.717) is 32.0 Å². The lowest BCUT2D eigenvalue weighted by Crippen LogP contribution is -2.35. The fraction of sp³-hybridized carbons (Fsp3) is 0.185. The lowest BCUT2D eigenvalue weighted by atomic mass is 9.88. The van der Waals surface area contributed by atoms with Crippen molar-refractivity contribution >= 4 is 17.5 Å². The van der Waals surface area contributed by atoms with Gasteiger partial charge in [0.1, 0.15) is 0 Å². The van der Waals surface area contributed by atoms with Crippen molar-refractivity contribution in [3.8, 4) is 0 Å². The van der Waals surface area contributed by atoms with E-state index >= 15 is 0 Å². The van der Waals surface area contributed by atoms with Gasteiger partial charge in [-0.15, -0.1) is 10.2 Å². The monoisotopic (exact) mass is 451 g/mol. The molecule has 0 radical (unpaired) electrons. The quantitative estimate of drug-likeness (QED) is 0.463. The van der Waals surface area contributed by atoms with E-state index in [1.165, 1.54) is 15.7 Å². The van der Waals surface area contributed by atoms with Gasteiger partial charge >= 0.3 is 0 Å². The summed E-state index contributed by atoms with van der Waals surface area (Å²) in [4.78, 5) is 27.8. The molecule has 7 nitrogen and oxygen atoms in total. The number of carbonyl (C=O) groups excluding carboxylic acids is 1. The van der Waals surface area contributed by atoms with Crippen LogP contribution in [0.25, 0.3) is 0 Å². The van der Waals surface area contributed by atoms with Gasteiger partial charge in [0, 0.05) is 31.2 Å². The Morgan fingerprint density at radius 1 is 0.824 bits per heavy atom. The number of carbonyl (C=O) groups is 1. The summed E-state index contributed by atoms with van der Waals surface area (Å²) in [5.41, 5.74) is 2.72. The highest BCUT2D eigenvalue weighted by Crippen LogP contribution is 2.28. The predicted octanol–water partition coefficient (Wildman–Crippen LogP) is 3.74. The Morgan fingerprint density at radius 3 is 2.03 bits per heavy atom. The van der Waals surface area contributed by atoms with Gasteiger partial charge in [0.15, 0.2) is 0 Å². The van der Waals surface area contributed by atoms with E-state index in [1.807, 2.05) is 71.6 Å². The first-order valence-electron chi connectivity index (χ1n) is 11.4. The van der Waals surface area contributed by atoms with Gasteiger partial charge in [-0.1, -0.05) is 78.9 Å². The van der Waals surface area contributed by atoms with Crippen LogP contribution in [0.15, 0.2) is 95.8 Å². The number of nitrogens with one attached hydrogen (secondary N) is 1. The number of fused-ring (bicyclic) bond motifs is 1. The Morgan fingerprint density at radius 2 is 1.41 bits per heavy atom. The minimum Gasteiger partial charge on any atom is -0.350 e. The Balaban J connectivity index is 1.30. The van der Waals surface area contributed by atoms with Crippen molar-refractivity contribution in [3.05, 3.63) is 118 Å². The molecule has 34 heavy (non-hydrogen) atoms. The average Bonchev–Trinajstić information content (AvgIpc) is 3.33. The summed E-state index contributed by atoms with van der Waals surface area (Å²) >= 11 is 0. The van der Waals surface area contributed by atoms with Gasteiger partial charge in [0.25, 0.3) is 11.5 Å². The minimum atomic E-state index is -0.495. The molecule has 0 fully saturated rings. The van der Waals surface area contributed by atoms with Crippen LogP contribution in [0.5, 0.6) is 0 Å². The average molecular weight is 452 g/mol. The third-order valence-electron chi connectivity index (χ3n) is 6.12. The van der Waals surface area contributed by atoms with Crippen LogP contribution in [0.1, 0.15) is 34.0 Å². The zero-order chi connectivity index (χ0) is 23.3. The van der Waals surface area contributed by atoms with Crippen LogP contribution in [0.4, 0.5) is 11.6 Å². The van der Waals surface area contributed by atoms with Gasteiger partial charge in [0.2, 0.25) is 11.6 Å². The van der Waals surface area contributed by atoms with E-state index in [1.54, 1.807) is 0 Å². The second-order valence-electron chi connectivity index (χ2n) is 8.21. The molecule has 1 aliphatic rings. The molecule has 1 amide bonds. The molecule has 3 aromatic carbocycles. The maximum Gasteiger partial charge on any atom is 0.286 e. The van der Waals surface area contributed by atoms with Gasteiger partial charge < -0.3 is 10.2 Å². The van der Waals surface area contributed by atoms with Crippen molar-refractivity contribution in [2.24, 2.45) is 0 Å². The maximum absolute atomic E-state index is 13.0. The molecule has 170 valence electrons. The Labute approximate surface area is 197 Å². The summed E-state index contributed by atoms with van der Waals surface area (Å²) in [6.07, 6.45) is 0.696. The lowest BCUT2D eigenvalue weighted by Gasteiger charge is -2.18. The number of hydrogen-bond acceptors (Lipinski definition) is 5. The molecule has 1 aliphatic heterocycles. The van der Waals surface area contributed by atoms with E-state index < -0.39 is 11.5 Å². The normalized spacial score (nSPS) is 12.6. The molecular weight excluding hydrogens is 426 g/mol. The van der Waals surface area contributed by atoms with E-state index in [2.05, 4.69) is 39.8 Å². The summed E-state index contributed by atoms with van der Waals surface area (Å²) in [6.45, 7) is 1.48. The summed E-state index contributed by atoms with van der Waals surface area (Å²) in [5.74, 6) is 0.0983. The van der Waals surface area contributed by atoms with Crippen LogP contribution < -0.4 is 15.8 Å². The zero-order valence-corrected chi connectivity index (χ0v) is 18.7. The maximum atomic E-state index is 13.0. The van der Waals surface area contributed by atoms with E-state index in [0.717, 1.165) is 5.69 Å². The number of rotatable bonds is 7. The first kappa shape index (κ1) is 21.6. The molecule has 0 bridgehead atoms. The van der Waals surface area contributed by atoms with E-state index in [9.17, 15) is 9.59 Å². The van der Waals surface area contributed by atoms with Gasteiger partial charge in [-0.05, 0) is 29.7 Å². The van der Waals surface area contributed by atoms with Crippen LogP contribution in [0.3, 0.4) is 0 Å². The highest BCUT2D eigenvalue weighted by atomic mass is 16.2. The zero-order valence-electron chi connectivity index (χ0n) is 18.7. The van der Waals surface area contributed by atoms with Gasteiger partial charge in [-0.2, -0.15) is 0 Å². The van der Waals surface area contributed by atoms with E-state index in [4.69, 9.17) is 0 Å². The van der Waals surface area contributed by atoms with Gasteiger partial charge in [0.05, 0.1) is 0 Å². The first-order valence-corrected chi connectivity index (χ1v) is 11.4. The fourth-order valence-electron chi connectivity index (χ4n) is 4.42. The Bertz CT molecular complexity index is 1280. The van der Waals surface area contributed by atoms with Gasteiger partial charge in [-0.25, -0.2) is 0 Å². The lowest BCUT2D eigenvalue weighted by molar-refractivity contribution is 0.0944. The number of hydrogen-bond donors (Lipinski definition) is 1. The number of benzene rings is 3. The molecule has 2 heterocycles. The van der Waals surface area contributed by atoms with Crippen LogP contribution in [-0.2, 0) is 6.54 Å². The standard InChI is InChI=1S/C27H25N5O2/c33-25(28-17-16-23(20-10-4-1-5-11-20)21-12-6-2-7-13-21)24-26(34)32-19-18-31(27(32)30-29-24)22-14-8-3-9-15-22/h1-15,23H,16-19H2,(H,28,33). The Hall–Kier alpha value is -4.26. The summed E-state index contributed by atoms with van der Waals surface area (Å²) in [7, 11) is 0. The third-order valence-corrected chi connectivity index (χ3v) is 6.12. The first-order chi connectivity index (χ1) is 16.7. The van der Waals surface area contributed by atoms with Crippen molar-refractivity contribution in [1.29, 1.82) is 0 Å². The van der Waals surface area contributed by atoms with Crippen molar-refractivity contribution in [3.63, 3.8) is 0 Å². The summed E-state index contributed by atoms with van der Waals surface area (Å²) in [5, 5.41) is 11.1. The molecule has 0 saturated carbocycles. The number of amides is 1. The highest BCUT2D eigenvalue weighted by molar-refractivity contribution is 5.91. The molecule has 0 saturated heterocycles. The van der Waals surface area contributed by atoms with Crippen molar-refractivity contribution in [2.45, 2.75) is 18.9 Å². The number of anilines is 2. The van der Waals surface area contributed by atoms with Crippen molar-refractivity contribution in [1.82, 2.24) is 20.1 Å². The molecule has 5 rings (SSSR count). The summed E-state index contributed by atoms with van der Waals surface area (Å²) < 4.78 is 1.52. The molecule has 0 spiro atoms. The van der Waals surface area contributed by atoms with Crippen LogP contribution in [-0.4, -0.2) is 33.8 Å². The number of nitrogens with zero attached hydrogens (tertiary/aromatic N) is 4. The SMILES string of the molecule is O=C(NCCC(c1ccccc1)c1ccccc1)c1nnc2n(c1=O)CCN2c1ccccc1. The second kappa shape index (κ2) is 9.70. The predicted molar refractivity (Wildman–Crippen MR) is 131 cm³/mol. The number of para-hydroxylation sites is 1. The number of aromatic nitrogens is 3. The fourth-order valence-corrected chi connectivity index (χ4v) is 4.42. The van der Waals surface area contributed by atoms with Crippen molar-refractivity contribution in [2.75, 3.05) is 18.0 Å². The van der Waals surface area contributed by atoms with Crippen LogP contribution >= 0.6 is 0 Å². The second-order valence-corrected chi connectivity index (χ2v) is 8.21. The highest BCUT2D eigenvalue weighted by Gasteiger charge is 2.27. The minimum absolute atomic E-state index is 0.134. The molecular formula is C27H25N5O2. The molecule has 0 unspecified atom stereocenters. The molecule has 1 aromatic heterocycles. The van der Waals surface area contributed by atoms with Crippen LogP contribution in [0, 0.1) is 0 Å². The van der Waals surface area contributed by atoms with Crippen LogP contribution in [0.2, 0.25) is 0 Å². The topological polar surface area (TPSA) is 80.1 Å². The smallest absolute Gasteiger partial charge is 0.286 e. The Kier molecular flexibility index (Phi) is 6.16. The molecule has 0 aliphatic carbocycles. The molecule has 1 N–H and O–H groups in total. The largest absolute Gasteiger partial charge is 0.350 e. The summed E-state index contributed by atoms with van der Waals surface area (Å²) in [6, 6.07) is 30.1. The molecule has 4 aromatic rings.